The van der Waals surface area contributed by atoms with E-state index in [9.17, 15) is 14.7 Å². The van der Waals surface area contributed by atoms with E-state index in [1.54, 1.807) is 54.6 Å². The molecule has 0 bridgehead atoms. The van der Waals surface area contributed by atoms with Gasteiger partial charge in [0.2, 0.25) is 0 Å². The molecule has 0 aromatic heterocycles. The number of rotatable bonds is 9. The minimum absolute atomic E-state index is 0. The number of ether oxygens (including phenoxy) is 3. The molecule has 5 rings (SSSR count). The number of aliphatic carboxylic acids is 1. The molecule has 1 unspecified atom stereocenters. The zero-order chi connectivity index (χ0) is 28.1. The van der Waals surface area contributed by atoms with Gasteiger partial charge in [-0.1, -0.05) is 41.4 Å². The maximum atomic E-state index is 12.7. The molecule has 7 nitrogen and oxygen atoms in total. The van der Waals surface area contributed by atoms with Crippen molar-refractivity contribution in [3.8, 4) is 28.7 Å². The minimum atomic E-state index is -1.17. The van der Waals surface area contributed by atoms with Gasteiger partial charge in [-0.2, -0.15) is 0 Å². The number of halogens is 2. The summed E-state index contributed by atoms with van der Waals surface area (Å²) >= 11 is 12.3. The van der Waals surface area contributed by atoms with Crippen molar-refractivity contribution >= 4 is 35.1 Å². The third kappa shape index (κ3) is 7.76. The van der Waals surface area contributed by atoms with Gasteiger partial charge in [0.25, 0.3) is 5.91 Å². The Bertz CT molecular complexity index is 1530. The van der Waals surface area contributed by atoms with E-state index in [1.165, 1.54) is 6.07 Å². The summed E-state index contributed by atoms with van der Waals surface area (Å²) in [5.41, 5.74) is 1.89. The first-order chi connectivity index (χ1) is 19.4. The van der Waals surface area contributed by atoms with Crippen molar-refractivity contribution in [2.45, 2.75) is 18.8 Å². The summed E-state index contributed by atoms with van der Waals surface area (Å²) in [6, 6.07) is 24.5. The van der Waals surface area contributed by atoms with Crippen LogP contribution in [0.1, 0.15) is 33.8 Å². The summed E-state index contributed by atoms with van der Waals surface area (Å²) < 4.78 is 17.5. The van der Waals surface area contributed by atoms with Gasteiger partial charge in [-0.05, 0) is 79.1 Å². The summed E-state index contributed by atoms with van der Waals surface area (Å²) in [7, 11) is 0. The summed E-state index contributed by atoms with van der Waals surface area (Å²) in [5, 5.41) is 15.2. The van der Waals surface area contributed by atoms with E-state index in [4.69, 9.17) is 37.4 Å². The van der Waals surface area contributed by atoms with Crippen molar-refractivity contribution in [3.63, 3.8) is 0 Å². The van der Waals surface area contributed by atoms with Crippen LogP contribution in [0, 0.1) is 0 Å². The minimum Gasteiger partial charge on any atom is -0.549 e. The molecule has 1 heterocycles. The number of carboxylic acid groups (broad SMARTS) is 1. The predicted octanol–water partition coefficient (Wildman–Crippen LogP) is 3.17. The maximum Gasteiger partial charge on any atom is 1.00 e. The molecule has 1 aliphatic rings. The molecule has 0 spiro atoms. The predicted molar refractivity (Wildman–Crippen MR) is 150 cm³/mol. The first-order valence-corrected chi connectivity index (χ1v) is 13.4. The van der Waals surface area contributed by atoms with Gasteiger partial charge in [-0.3, -0.25) is 4.79 Å². The van der Waals surface area contributed by atoms with Crippen LogP contribution in [-0.2, 0) is 11.2 Å². The summed E-state index contributed by atoms with van der Waals surface area (Å²) in [5.74, 6) is 0.384. The number of benzene rings is 4. The number of amides is 1. The fraction of sp³-hybridized carbons (Fsp3) is 0.161. The van der Waals surface area contributed by atoms with Crippen LogP contribution in [0.4, 0.5) is 0 Å². The molecule has 0 aliphatic carbocycles. The second kappa shape index (κ2) is 14.1. The molecule has 1 amide bonds. The largest absolute Gasteiger partial charge is 1.00 e. The number of carbonyl (C=O) groups is 2. The molecule has 10 heteroatoms. The van der Waals surface area contributed by atoms with Crippen molar-refractivity contribution in [2.75, 3.05) is 13.2 Å². The van der Waals surface area contributed by atoms with Crippen molar-refractivity contribution in [2.24, 2.45) is 0 Å². The van der Waals surface area contributed by atoms with E-state index < -0.39 is 11.9 Å². The number of hydrogen-bond acceptors (Lipinski definition) is 6. The van der Waals surface area contributed by atoms with Crippen molar-refractivity contribution < 1.29 is 58.5 Å². The number of hydrogen-bond donors (Lipinski definition) is 1. The van der Waals surface area contributed by atoms with E-state index in [0.717, 1.165) is 5.56 Å². The number of nitrogens with one attached hydrogen (secondary N) is 1. The molecule has 4 aromatic rings. The van der Waals surface area contributed by atoms with Crippen LogP contribution < -0.4 is 54.2 Å². The number of carbonyl (C=O) groups excluding carboxylic acids is 2. The van der Waals surface area contributed by atoms with Gasteiger partial charge in [0.1, 0.15) is 28.7 Å². The fourth-order valence-corrected chi connectivity index (χ4v) is 4.70. The van der Waals surface area contributed by atoms with E-state index in [1.807, 2.05) is 24.3 Å². The van der Waals surface area contributed by atoms with Gasteiger partial charge >= 0.3 is 29.6 Å². The number of carboxylic acids is 1. The molecule has 0 radical (unpaired) electrons. The molecular weight excluding hydrogens is 576 g/mol. The van der Waals surface area contributed by atoms with E-state index in [0.29, 0.717) is 64.3 Å². The van der Waals surface area contributed by atoms with Crippen LogP contribution in [0.15, 0.2) is 84.9 Å². The maximum absolute atomic E-state index is 12.7. The summed E-state index contributed by atoms with van der Waals surface area (Å²) in [6.45, 7) is 0.674. The first kappa shape index (κ1) is 30.8. The molecule has 1 aliphatic heterocycles. The Labute approximate surface area is 269 Å². The van der Waals surface area contributed by atoms with E-state index >= 15 is 0 Å². The summed E-state index contributed by atoms with van der Waals surface area (Å²) in [4.78, 5) is 24.2. The third-order valence-corrected chi connectivity index (χ3v) is 6.97. The van der Waals surface area contributed by atoms with Gasteiger partial charge in [0.15, 0.2) is 0 Å². The van der Waals surface area contributed by atoms with Gasteiger partial charge < -0.3 is 29.4 Å². The standard InChI is InChI=1S/C31H25Cl2NO6.Na/c32-21-7-11-23(12-8-21)39-27-4-2-1-3-19(27)13-15-34-30(35)20-5-9-22(10-6-20)40-29-18-28-25(17-26(29)33)24(31(36)37)14-16-38-28;/h1-12,17-18,24H,13-16H2,(H,34,35)(H,36,37);/q;+1/p-1. The fourth-order valence-electron chi connectivity index (χ4n) is 4.37. The smallest absolute Gasteiger partial charge is 0.549 e. The van der Waals surface area contributed by atoms with Crippen LogP contribution >= 0.6 is 23.2 Å². The van der Waals surface area contributed by atoms with Gasteiger partial charge in [0, 0.05) is 40.6 Å². The zero-order valence-corrected chi connectivity index (χ0v) is 25.7. The molecular formula is C31H24Cl2NNaO6. The second-order valence-electron chi connectivity index (χ2n) is 9.13. The SMILES string of the molecule is O=C(NCCc1ccccc1Oc1ccc(Cl)cc1)c1ccc(Oc2cc3c(cc2Cl)C(C(=O)[O-])CCO3)cc1.[Na+]. The molecule has 0 fully saturated rings. The van der Waals surface area contributed by atoms with E-state index in [-0.39, 0.29) is 47.1 Å². The van der Waals surface area contributed by atoms with Gasteiger partial charge in [0.05, 0.1) is 11.6 Å². The Hall–Kier alpha value is -3.20. The van der Waals surface area contributed by atoms with Crippen LogP contribution in [0.5, 0.6) is 28.7 Å². The van der Waals surface area contributed by atoms with Crippen LogP contribution in [0.3, 0.4) is 0 Å². The topological polar surface area (TPSA) is 96.9 Å². The Kier molecular flexibility index (Phi) is 10.6. The average Bonchev–Trinajstić information content (AvgIpc) is 2.95. The summed E-state index contributed by atoms with van der Waals surface area (Å²) in [6.07, 6.45) is 0.896. The monoisotopic (exact) mass is 599 g/mol. The molecule has 1 atom stereocenters. The van der Waals surface area contributed by atoms with Crippen LogP contribution in [-0.4, -0.2) is 25.0 Å². The number of fused-ring (bicyclic) bond motifs is 1. The quantitative estimate of drug-likeness (QED) is 0.297. The normalized spacial score (nSPS) is 13.7. The Morgan fingerprint density at radius 3 is 2.27 bits per heavy atom. The third-order valence-electron chi connectivity index (χ3n) is 6.43. The van der Waals surface area contributed by atoms with Gasteiger partial charge in [-0.15, -0.1) is 0 Å². The molecule has 41 heavy (non-hydrogen) atoms. The first-order valence-electron chi connectivity index (χ1n) is 12.6. The molecule has 1 N–H and O–H groups in total. The molecule has 4 aromatic carbocycles. The van der Waals surface area contributed by atoms with Crippen molar-refractivity contribution in [1.29, 1.82) is 0 Å². The molecule has 204 valence electrons. The Morgan fingerprint density at radius 2 is 1.56 bits per heavy atom. The average molecular weight is 600 g/mol. The molecule has 0 saturated heterocycles. The number of para-hydroxylation sites is 1. The van der Waals surface area contributed by atoms with Crippen molar-refractivity contribution in [1.82, 2.24) is 5.32 Å². The Balaban J connectivity index is 0.00000387. The zero-order valence-electron chi connectivity index (χ0n) is 22.2. The van der Waals surface area contributed by atoms with Gasteiger partial charge in [-0.25, -0.2) is 0 Å². The molecule has 0 saturated carbocycles. The van der Waals surface area contributed by atoms with Crippen molar-refractivity contribution in [3.05, 3.63) is 112 Å². The van der Waals surface area contributed by atoms with Crippen LogP contribution in [0.25, 0.3) is 0 Å². The van der Waals surface area contributed by atoms with Crippen LogP contribution in [0.2, 0.25) is 10.0 Å². The Morgan fingerprint density at radius 1 is 0.902 bits per heavy atom. The van der Waals surface area contributed by atoms with E-state index in [2.05, 4.69) is 5.32 Å². The second-order valence-corrected chi connectivity index (χ2v) is 9.97.